The Morgan fingerprint density at radius 1 is 0.851 bits per heavy atom. The Bertz CT molecular complexity index is 2840. The number of carbonyl (C=O) groups is 4. The lowest BCUT2D eigenvalue weighted by Gasteiger charge is -2.40. The first kappa shape index (κ1) is 44.9. The first-order valence-corrected chi connectivity index (χ1v) is 24.5. The molecule has 354 valence electrons. The summed E-state index contributed by atoms with van der Waals surface area (Å²) in [4.78, 5) is 65.0. The molecule has 67 heavy (non-hydrogen) atoms. The predicted molar refractivity (Wildman–Crippen MR) is 242 cm³/mol. The summed E-state index contributed by atoms with van der Waals surface area (Å²) in [6.45, 7) is 9.15. The van der Waals surface area contributed by atoms with Crippen molar-refractivity contribution in [2.75, 3.05) is 50.7 Å². The molecule has 0 spiro atoms. The highest BCUT2D eigenvalue weighted by molar-refractivity contribution is 7.89. The molecule has 7 aliphatic rings. The molecule has 4 fully saturated rings. The molecule has 3 aromatic rings. The quantitative estimate of drug-likeness (QED) is 0.295. The minimum atomic E-state index is -3.68. The van der Waals surface area contributed by atoms with Crippen LogP contribution in [0.5, 0.6) is 0 Å². The number of rotatable bonds is 8. The van der Waals surface area contributed by atoms with Crippen molar-refractivity contribution in [2.45, 2.75) is 95.2 Å². The Kier molecular flexibility index (Phi) is 11.6. The van der Waals surface area contributed by atoms with Crippen LogP contribution in [0.1, 0.15) is 96.9 Å². The van der Waals surface area contributed by atoms with Gasteiger partial charge in [0.25, 0.3) is 11.8 Å². The number of aryl methyl sites for hydroxylation is 1. The van der Waals surface area contributed by atoms with Crippen LogP contribution in [-0.2, 0) is 24.3 Å². The summed E-state index contributed by atoms with van der Waals surface area (Å²) in [5, 5.41) is 4.73. The minimum absolute atomic E-state index is 0.00321. The number of imide groups is 2. The van der Waals surface area contributed by atoms with E-state index in [9.17, 15) is 27.6 Å². The molecule has 20 heteroatoms. The van der Waals surface area contributed by atoms with E-state index < -0.39 is 74.6 Å². The lowest BCUT2D eigenvalue weighted by atomic mass is 9.94. The minimum Gasteiger partial charge on any atom is -0.494 e. The molecule has 1 aromatic heterocycles. The summed E-state index contributed by atoms with van der Waals surface area (Å²) in [5.74, 6) is -3.16. The highest BCUT2D eigenvalue weighted by Gasteiger charge is 2.46. The molecule has 0 aliphatic carbocycles. The van der Waals surface area contributed by atoms with Crippen molar-refractivity contribution in [3.05, 3.63) is 88.2 Å². The molecule has 3 atom stereocenters. The number of hydrogen-bond donors (Lipinski definition) is 2. The second kappa shape index (κ2) is 17.3. The molecule has 0 radical (unpaired) electrons. The van der Waals surface area contributed by atoms with Crippen LogP contribution in [0.25, 0.3) is 16.7 Å². The lowest BCUT2D eigenvalue weighted by Crippen LogP contribution is -2.54. The molecule has 2 aromatic carbocycles. The van der Waals surface area contributed by atoms with E-state index in [1.54, 1.807) is 13.0 Å². The number of piperidine rings is 4. The first-order chi connectivity index (χ1) is 32.0. The number of amidine groups is 1. The maximum absolute atomic E-state index is 15.7. The van der Waals surface area contributed by atoms with Crippen LogP contribution in [0, 0.1) is 24.5 Å². The van der Waals surface area contributed by atoms with Crippen molar-refractivity contribution in [1.29, 1.82) is 0 Å². The summed E-state index contributed by atoms with van der Waals surface area (Å²) in [5.41, 5.74) is 1.73. The van der Waals surface area contributed by atoms with Crippen LogP contribution >= 0.6 is 0 Å². The number of halogens is 3. The van der Waals surface area contributed by atoms with Gasteiger partial charge in [0, 0.05) is 44.2 Å². The smallest absolute Gasteiger partial charge is 0.262 e. The zero-order chi connectivity index (χ0) is 47.1. The van der Waals surface area contributed by atoms with Crippen molar-refractivity contribution >= 4 is 61.9 Å². The van der Waals surface area contributed by atoms with Gasteiger partial charge >= 0.3 is 0 Å². The maximum Gasteiger partial charge on any atom is 0.262 e. The Balaban J connectivity index is 0.730. The number of anilines is 1. The Morgan fingerprint density at radius 3 is 2.30 bits per heavy atom. The Hall–Kier alpha value is -5.86. The molecule has 0 bridgehead atoms. The number of imidazole rings is 1. The van der Waals surface area contributed by atoms with E-state index in [1.165, 1.54) is 34.9 Å². The van der Waals surface area contributed by atoms with Crippen LogP contribution < -0.4 is 15.5 Å². The molecular formula is C47H52F3N9O7S. The van der Waals surface area contributed by atoms with Gasteiger partial charge in [-0.25, -0.2) is 26.6 Å². The average Bonchev–Trinajstić information content (AvgIpc) is 3.60. The molecule has 10 rings (SSSR count). The summed E-state index contributed by atoms with van der Waals surface area (Å²) >= 11 is 0. The third-order valence-electron chi connectivity index (χ3n) is 14.3. The van der Waals surface area contributed by atoms with E-state index >= 15 is 13.2 Å². The van der Waals surface area contributed by atoms with Gasteiger partial charge in [0.05, 0.1) is 57.7 Å². The third-order valence-corrected chi connectivity index (χ3v) is 16.7. The summed E-state index contributed by atoms with van der Waals surface area (Å²) in [6.07, 6.45) is 6.55. The van der Waals surface area contributed by atoms with Crippen molar-refractivity contribution < 1.29 is 45.5 Å². The number of amides is 4. The van der Waals surface area contributed by atoms with Gasteiger partial charge < -0.3 is 24.4 Å². The van der Waals surface area contributed by atoms with Crippen LogP contribution in [0.15, 0.2) is 59.1 Å². The van der Waals surface area contributed by atoms with Gasteiger partial charge in [-0.3, -0.25) is 34.4 Å². The normalized spacial score (nSPS) is 24.8. The van der Waals surface area contributed by atoms with Crippen molar-refractivity contribution in [1.82, 2.24) is 34.3 Å². The lowest BCUT2D eigenvalue weighted by molar-refractivity contribution is -0.136. The molecule has 4 amide bonds. The number of hydrogen-bond acceptors (Lipinski definition) is 12. The average molecular weight is 944 g/mol. The number of sulfonamides is 1. The van der Waals surface area contributed by atoms with Gasteiger partial charge in [-0.15, -0.1) is 0 Å². The van der Waals surface area contributed by atoms with Gasteiger partial charge in [-0.05, 0) is 115 Å². The number of aliphatic imine (C=N–C) groups is 1. The zero-order valence-corrected chi connectivity index (χ0v) is 38.3. The maximum atomic E-state index is 15.7. The zero-order valence-electron chi connectivity index (χ0n) is 37.4. The highest BCUT2D eigenvalue weighted by atomic mass is 32.2. The fourth-order valence-electron chi connectivity index (χ4n) is 10.8. The van der Waals surface area contributed by atoms with E-state index in [4.69, 9.17) is 9.73 Å². The standard InChI is InChI=1S/C47H52F3N9O7S/c1-25(2)58-26(3)51-43-35(50)18-29(19-39(43)58)42-33(48)5-4-28-24-66-40-23-57(17-12-36(40)52-44(28)54-42)67(64,65)30-10-13-55(14-11-30)22-27-8-15-56(16-9-27)38-21-32-31(20-34(38)49)46(62)59(47(32)63)37-6-7-41(60)53-45(37)61/h4-5,18-21,24-25,27,30,36-37,40H,6-17,22-23H2,1-3H3,(H,52,54)(H,53,60,61)/t36-,37?,40-/m1/s1. The van der Waals surface area contributed by atoms with E-state index in [2.05, 4.69) is 20.5 Å². The van der Waals surface area contributed by atoms with Gasteiger partial charge in [-0.2, -0.15) is 4.31 Å². The molecule has 16 nitrogen and oxygen atoms in total. The summed E-state index contributed by atoms with van der Waals surface area (Å²) in [7, 11) is -3.68. The Morgan fingerprint density at radius 2 is 1.58 bits per heavy atom. The largest absolute Gasteiger partial charge is 0.494 e. The monoisotopic (exact) mass is 943 g/mol. The topological polar surface area (TPSA) is 179 Å². The predicted octanol–water partition coefficient (Wildman–Crippen LogP) is 4.87. The molecule has 0 saturated carbocycles. The van der Waals surface area contributed by atoms with E-state index in [-0.39, 0.29) is 60.0 Å². The number of fused-ring (bicyclic) bond motifs is 4. The first-order valence-electron chi connectivity index (χ1n) is 23.0. The van der Waals surface area contributed by atoms with Crippen molar-refractivity contribution in [3.63, 3.8) is 0 Å². The second-order valence-corrected chi connectivity index (χ2v) is 21.1. The van der Waals surface area contributed by atoms with Gasteiger partial charge in [0.2, 0.25) is 21.8 Å². The van der Waals surface area contributed by atoms with Crippen LogP contribution in [0.4, 0.5) is 18.9 Å². The van der Waals surface area contributed by atoms with Crippen LogP contribution in [-0.4, -0.2) is 131 Å². The van der Waals surface area contributed by atoms with E-state index in [1.807, 2.05) is 23.3 Å². The third kappa shape index (κ3) is 8.13. The molecule has 4 saturated heterocycles. The molecule has 8 heterocycles. The van der Waals surface area contributed by atoms with Gasteiger partial charge in [0.1, 0.15) is 41.0 Å². The number of nitrogens with one attached hydrogen (secondary N) is 2. The fourth-order valence-corrected chi connectivity index (χ4v) is 12.8. The number of allylic oxidation sites excluding steroid dienone is 2. The Labute approximate surface area is 385 Å². The fraction of sp³-hybridized carbons (Fsp3) is 0.489. The molecule has 2 N–H and O–H groups in total. The summed E-state index contributed by atoms with van der Waals surface area (Å²) < 4.78 is 84.6. The van der Waals surface area contributed by atoms with E-state index in [0.717, 1.165) is 30.4 Å². The second-order valence-electron chi connectivity index (χ2n) is 18.8. The number of benzene rings is 2. The summed E-state index contributed by atoms with van der Waals surface area (Å²) in [6, 6.07) is 3.88. The number of ether oxygens (including phenoxy) is 1. The van der Waals surface area contributed by atoms with Crippen LogP contribution in [0.3, 0.4) is 0 Å². The van der Waals surface area contributed by atoms with Gasteiger partial charge in [0.15, 0.2) is 5.82 Å². The van der Waals surface area contributed by atoms with Gasteiger partial charge in [-0.1, -0.05) is 0 Å². The number of aromatic nitrogens is 2. The highest BCUT2D eigenvalue weighted by Crippen LogP contribution is 2.36. The number of likely N-dealkylation sites (tertiary alicyclic amines) is 1. The number of nitrogens with zero attached hydrogens (tertiary/aromatic N) is 7. The van der Waals surface area contributed by atoms with Crippen molar-refractivity contribution in [2.24, 2.45) is 10.9 Å². The molecule has 1 unspecified atom stereocenters. The van der Waals surface area contributed by atoms with Crippen molar-refractivity contribution in [3.8, 4) is 0 Å². The SMILES string of the molecule is Cc1nc2c(F)cc(C3=C(F)C=CC4=CO[C@@H]5CN(S(=O)(=O)C6CCN(CC7CCN(c8cc9c(cc8F)C(=O)N(C8CCC(=O)NC8=O)C9=O)CC7)CC6)CC[C@H]5N=C4N3)cc2n1C(C)C. The van der Waals surface area contributed by atoms with E-state index in [0.29, 0.717) is 79.7 Å². The number of carbonyl (C=O) groups excluding carboxylic acids is 4. The molecule has 7 aliphatic heterocycles. The van der Waals surface area contributed by atoms with Crippen LogP contribution in [0.2, 0.25) is 0 Å². The molecular weight excluding hydrogens is 892 g/mol.